The third-order valence-electron chi connectivity index (χ3n) is 4.44. The summed E-state index contributed by atoms with van der Waals surface area (Å²) in [7, 11) is 0. The van der Waals surface area contributed by atoms with Crippen molar-refractivity contribution in [3.05, 3.63) is 54.4 Å². The maximum atomic E-state index is 11.1. The molecule has 0 unspecified atom stereocenters. The van der Waals surface area contributed by atoms with E-state index in [1.807, 2.05) is 24.4 Å². The van der Waals surface area contributed by atoms with Crippen molar-refractivity contribution in [3.8, 4) is 0 Å². The summed E-state index contributed by atoms with van der Waals surface area (Å²) < 4.78 is 0. The first kappa shape index (κ1) is 13.8. The van der Waals surface area contributed by atoms with Gasteiger partial charge in [0.05, 0.1) is 0 Å². The molecule has 5 heteroatoms. The topological polar surface area (TPSA) is 52.2 Å². The number of nitrogens with zero attached hydrogens (tertiary/aromatic N) is 3. The molecule has 1 N–H and O–H groups in total. The highest BCUT2D eigenvalue weighted by molar-refractivity contribution is 5.98. The number of piperazine rings is 1. The van der Waals surface area contributed by atoms with Crippen molar-refractivity contribution in [3.63, 3.8) is 0 Å². The van der Waals surface area contributed by atoms with Crippen LogP contribution < -0.4 is 9.80 Å². The Morgan fingerprint density at radius 2 is 1.87 bits per heavy atom. The number of fused-ring (bicyclic) bond motifs is 1. The molecular formula is C18H18N4O. The van der Waals surface area contributed by atoms with E-state index in [-0.39, 0.29) is 0 Å². The third-order valence-corrected chi connectivity index (χ3v) is 4.44. The summed E-state index contributed by atoms with van der Waals surface area (Å²) in [4.78, 5) is 23.3. The lowest BCUT2D eigenvalue weighted by Crippen LogP contribution is -2.46. The number of rotatable bonds is 3. The lowest BCUT2D eigenvalue weighted by molar-refractivity contribution is 0.112. The van der Waals surface area contributed by atoms with E-state index in [1.54, 1.807) is 6.20 Å². The van der Waals surface area contributed by atoms with Gasteiger partial charge in [-0.2, -0.15) is 0 Å². The molecule has 2 aromatic heterocycles. The van der Waals surface area contributed by atoms with Gasteiger partial charge in [-0.25, -0.2) is 4.98 Å². The molecule has 23 heavy (non-hydrogen) atoms. The van der Waals surface area contributed by atoms with E-state index >= 15 is 0 Å². The zero-order valence-electron chi connectivity index (χ0n) is 12.8. The van der Waals surface area contributed by atoms with Gasteiger partial charge in [-0.05, 0) is 30.3 Å². The highest BCUT2D eigenvalue weighted by Crippen LogP contribution is 2.25. The average Bonchev–Trinajstić information content (AvgIpc) is 3.05. The summed E-state index contributed by atoms with van der Waals surface area (Å²) >= 11 is 0. The largest absolute Gasteiger partial charge is 0.368 e. The number of benzene rings is 1. The van der Waals surface area contributed by atoms with Crippen molar-refractivity contribution in [1.29, 1.82) is 0 Å². The molecule has 0 aliphatic carbocycles. The molecule has 1 aromatic carbocycles. The summed E-state index contributed by atoms with van der Waals surface area (Å²) in [6.07, 6.45) is 4.50. The molecule has 3 heterocycles. The molecule has 4 rings (SSSR count). The monoisotopic (exact) mass is 306 g/mol. The van der Waals surface area contributed by atoms with E-state index in [2.05, 4.69) is 38.0 Å². The van der Waals surface area contributed by atoms with Gasteiger partial charge in [0, 0.05) is 60.7 Å². The minimum atomic E-state index is 0.717. The van der Waals surface area contributed by atoms with Crippen molar-refractivity contribution in [2.75, 3.05) is 36.0 Å². The predicted molar refractivity (Wildman–Crippen MR) is 92.3 cm³/mol. The first-order chi connectivity index (χ1) is 11.3. The zero-order chi connectivity index (χ0) is 15.6. The van der Waals surface area contributed by atoms with E-state index in [1.165, 1.54) is 5.69 Å². The first-order valence-electron chi connectivity index (χ1n) is 7.82. The Kier molecular flexibility index (Phi) is 3.46. The Labute approximate surface area is 134 Å². The van der Waals surface area contributed by atoms with Gasteiger partial charge in [0.25, 0.3) is 0 Å². The second-order valence-electron chi connectivity index (χ2n) is 5.75. The van der Waals surface area contributed by atoms with Gasteiger partial charge in [-0.15, -0.1) is 0 Å². The lowest BCUT2D eigenvalue weighted by Gasteiger charge is -2.36. The van der Waals surface area contributed by atoms with Crippen LogP contribution in [0.3, 0.4) is 0 Å². The summed E-state index contributed by atoms with van der Waals surface area (Å²) in [5.74, 6) is 1.04. The van der Waals surface area contributed by atoms with Crippen LogP contribution in [0.4, 0.5) is 11.5 Å². The summed E-state index contributed by atoms with van der Waals surface area (Å²) in [6, 6.07) is 12.3. The minimum absolute atomic E-state index is 0.717. The molecule has 0 spiro atoms. The SMILES string of the molecule is O=Cc1c[nH]c2ccc(N3CCN(c4ccccn4)CC3)cc12. The molecule has 1 aliphatic heterocycles. The molecule has 3 aromatic rings. The molecule has 0 saturated carbocycles. The van der Waals surface area contributed by atoms with Crippen molar-refractivity contribution in [1.82, 2.24) is 9.97 Å². The van der Waals surface area contributed by atoms with Crippen LogP contribution in [0.2, 0.25) is 0 Å². The Hall–Kier alpha value is -2.82. The third kappa shape index (κ3) is 2.54. The van der Waals surface area contributed by atoms with Crippen molar-refractivity contribution >= 4 is 28.7 Å². The Balaban J connectivity index is 1.53. The molecule has 1 aliphatic rings. The van der Waals surface area contributed by atoms with E-state index in [9.17, 15) is 4.79 Å². The molecule has 116 valence electrons. The number of aromatic amines is 1. The fourth-order valence-electron chi connectivity index (χ4n) is 3.16. The van der Waals surface area contributed by atoms with E-state index < -0.39 is 0 Å². The number of pyridine rings is 1. The van der Waals surface area contributed by atoms with Crippen molar-refractivity contribution < 1.29 is 4.79 Å². The first-order valence-corrected chi connectivity index (χ1v) is 7.82. The van der Waals surface area contributed by atoms with Crippen molar-refractivity contribution in [2.24, 2.45) is 0 Å². The van der Waals surface area contributed by atoms with E-state index in [0.29, 0.717) is 5.56 Å². The number of H-pyrrole nitrogens is 1. The fraction of sp³-hybridized carbons (Fsp3) is 0.222. The summed E-state index contributed by atoms with van der Waals surface area (Å²) in [6.45, 7) is 3.79. The molecule has 0 bridgehead atoms. The van der Waals surface area contributed by atoms with Crippen molar-refractivity contribution in [2.45, 2.75) is 0 Å². The number of nitrogens with one attached hydrogen (secondary N) is 1. The Morgan fingerprint density at radius 1 is 1.04 bits per heavy atom. The van der Waals surface area contributed by atoms with Crippen LogP contribution in [0.25, 0.3) is 10.9 Å². The maximum absolute atomic E-state index is 11.1. The van der Waals surface area contributed by atoms with Gasteiger partial charge in [0.2, 0.25) is 0 Å². The highest BCUT2D eigenvalue weighted by atomic mass is 16.1. The second-order valence-corrected chi connectivity index (χ2v) is 5.75. The second kappa shape index (κ2) is 5.76. The molecule has 1 fully saturated rings. The van der Waals surface area contributed by atoms with Gasteiger partial charge in [-0.3, -0.25) is 4.79 Å². The number of aromatic nitrogens is 2. The Morgan fingerprint density at radius 3 is 2.61 bits per heavy atom. The molecule has 0 amide bonds. The summed E-state index contributed by atoms with van der Waals surface area (Å²) in [5.41, 5.74) is 2.89. The molecule has 0 radical (unpaired) electrons. The van der Waals surface area contributed by atoms with Gasteiger partial charge < -0.3 is 14.8 Å². The Bertz CT molecular complexity index is 819. The highest BCUT2D eigenvalue weighted by Gasteiger charge is 2.18. The standard InChI is InChI=1S/C18H18N4O/c23-13-14-12-20-17-5-4-15(11-16(14)17)21-7-9-22(10-8-21)18-3-1-2-6-19-18/h1-6,11-13,20H,7-10H2. The van der Waals surface area contributed by atoms with E-state index in [4.69, 9.17) is 0 Å². The fourth-order valence-corrected chi connectivity index (χ4v) is 3.16. The van der Waals surface area contributed by atoms with Crippen LogP contribution in [0.1, 0.15) is 10.4 Å². The van der Waals surface area contributed by atoms with Crippen LogP contribution in [0, 0.1) is 0 Å². The molecular weight excluding hydrogens is 288 g/mol. The number of hydrogen-bond acceptors (Lipinski definition) is 4. The lowest BCUT2D eigenvalue weighted by atomic mass is 10.1. The number of carbonyl (C=O) groups is 1. The van der Waals surface area contributed by atoms with Gasteiger partial charge >= 0.3 is 0 Å². The molecule has 0 atom stereocenters. The average molecular weight is 306 g/mol. The zero-order valence-corrected chi connectivity index (χ0v) is 12.8. The predicted octanol–water partition coefficient (Wildman–Crippen LogP) is 2.70. The number of hydrogen-bond donors (Lipinski definition) is 1. The maximum Gasteiger partial charge on any atom is 0.152 e. The van der Waals surface area contributed by atoms with Gasteiger partial charge in [0.1, 0.15) is 5.82 Å². The van der Waals surface area contributed by atoms with Crippen LogP contribution in [0.5, 0.6) is 0 Å². The number of carbonyl (C=O) groups excluding carboxylic acids is 1. The van der Waals surface area contributed by atoms with Crippen LogP contribution in [-0.4, -0.2) is 42.4 Å². The smallest absolute Gasteiger partial charge is 0.152 e. The van der Waals surface area contributed by atoms with Gasteiger partial charge in [0.15, 0.2) is 6.29 Å². The van der Waals surface area contributed by atoms with Gasteiger partial charge in [-0.1, -0.05) is 6.07 Å². The molecule has 5 nitrogen and oxygen atoms in total. The van der Waals surface area contributed by atoms with Crippen LogP contribution in [-0.2, 0) is 0 Å². The number of anilines is 2. The minimum Gasteiger partial charge on any atom is -0.368 e. The molecule has 1 saturated heterocycles. The van der Waals surface area contributed by atoms with Crippen LogP contribution >= 0.6 is 0 Å². The summed E-state index contributed by atoms with van der Waals surface area (Å²) in [5, 5.41) is 0.990. The quantitative estimate of drug-likeness (QED) is 0.756. The number of aldehydes is 1. The van der Waals surface area contributed by atoms with Crippen LogP contribution in [0.15, 0.2) is 48.8 Å². The van der Waals surface area contributed by atoms with E-state index in [0.717, 1.165) is 49.2 Å². The normalized spacial score (nSPS) is 15.1.